The molecule has 0 unspecified atom stereocenters. The normalized spacial score (nSPS) is 16.3. The molecule has 1 heterocycles. The molecule has 0 aromatic carbocycles. The number of carbonyl (C=O) groups is 13. The van der Waals surface area contributed by atoms with Crippen molar-refractivity contribution in [1.82, 2.24) is 58.1 Å². The third kappa shape index (κ3) is 28.3. The molecule has 1 saturated heterocycles. The van der Waals surface area contributed by atoms with Crippen molar-refractivity contribution in [2.24, 2.45) is 33.7 Å². The molecule has 11 amide bonds. The number of carboxylic acids is 2. The highest BCUT2D eigenvalue weighted by Crippen LogP contribution is 2.20. The van der Waals surface area contributed by atoms with Crippen LogP contribution in [0.3, 0.4) is 0 Å². The number of likely N-dealkylation sites (tertiary alicyclic amines) is 1. The molecule has 25 N–H and O–H groups in total. The van der Waals surface area contributed by atoms with E-state index in [0.29, 0.717) is 25.0 Å². The molecule has 36 heteroatoms. The average Bonchev–Trinajstić information content (AvgIpc) is 4.20. The number of amides is 11. The molecule has 0 bridgehead atoms. The third-order valence-electron chi connectivity index (χ3n) is 12.9. The molecule has 0 aromatic heterocycles. The van der Waals surface area contributed by atoms with Gasteiger partial charge in [-0.25, -0.2) is 4.79 Å². The number of nitrogens with one attached hydrogen (secondary N) is 10. The lowest BCUT2D eigenvalue weighted by Crippen LogP contribution is -2.61. The van der Waals surface area contributed by atoms with E-state index in [9.17, 15) is 82.8 Å². The lowest BCUT2D eigenvalue weighted by Gasteiger charge is -2.27. The average molecular weight is 1230 g/mol. The van der Waals surface area contributed by atoms with Crippen molar-refractivity contribution in [3.63, 3.8) is 0 Å². The standard InChI is InChI=1S/C49H87N17O18S/c1-25(57-40(75)27(52)20-37(71)72)39(74)63-33(23-68)45(80)62-28(10-4-6-15-50)42(77)58-26(2)38(73)60-29(11-5-7-16-51)43(78)61-30(12-8-17-55-49(53)54)44(79)65-34(24-69)46(81)64-32(22-67)41(76)56-21-36(70)59-31(14-19-85-3)47(82)66-18-9-13-35(66)48(83)84/h25-35,67-69H,4-24,50-52H2,1-3H3,(H,56,76)(H,57,75)(H,58,77)(H,59,70)(H,60,73)(H,61,78)(H,62,80)(H,63,74)(H,64,81)(H,65,79)(H,71,72)(H,83,84)(H4,53,54,55)/t25-,26-,27-,28-,29-,30-,31-,32-,33-,34-,35-/m0/s1. The second kappa shape index (κ2) is 40.7. The van der Waals surface area contributed by atoms with Crippen LogP contribution in [0.4, 0.5) is 0 Å². The topological polar surface area (TPSA) is 589 Å². The van der Waals surface area contributed by atoms with Crippen LogP contribution in [0.25, 0.3) is 0 Å². The monoisotopic (exact) mass is 1230 g/mol. The molecule has 1 fully saturated rings. The molecule has 0 aromatic rings. The third-order valence-corrected chi connectivity index (χ3v) is 13.6. The molecule has 85 heavy (non-hydrogen) atoms. The zero-order valence-corrected chi connectivity index (χ0v) is 48.7. The summed E-state index contributed by atoms with van der Waals surface area (Å²) in [6.45, 7) is -0.941. The maximum atomic E-state index is 14.1. The first-order valence-electron chi connectivity index (χ1n) is 27.5. The number of aliphatic imine (C=N–C) groups is 1. The largest absolute Gasteiger partial charge is 0.481 e. The number of aliphatic carboxylic acids is 2. The summed E-state index contributed by atoms with van der Waals surface area (Å²) in [5.74, 6) is -13.1. The van der Waals surface area contributed by atoms with Crippen molar-refractivity contribution in [1.29, 1.82) is 0 Å². The molecular formula is C49H87N17O18S. The number of rotatable bonds is 42. The van der Waals surface area contributed by atoms with Crippen LogP contribution in [-0.4, -0.2) is 244 Å². The second-order valence-electron chi connectivity index (χ2n) is 19.7. The summed E-state index contributed by atoms with van der Waals surface area (Å²) in [6, 6.07) is -16.1. The van der Waals surface area contributed by atoms with Crippen molar-refractivity contribution in [3.05, 3.63) is 0 Å². The molecule has 1 aliphatic heterocycles. The van der Waals surface area contributed by atoms with Crippen LogP contribution in [0.1, 0.15) is 90.9 Å². The Morgan fingerprint density at radius 1 is 0.553 bits per heavy atom. The molecule has 0 spiro atoms. The Hall–Kier alpha value is -7.51. The van der Waals surface area contributed by atoms with Gasteiger partial charge in [-0.15, -0.1) is 0 Å². The minimum Gasteiger partial charge on any atom is -0.481 e. The van der Waals surface area contributed by atoms with E-state index in [4.69, 9.17) is 33.8 Å². The van der Waals surface area contributed by atoms with Crippen LogP contribution in [0.2, 0.25) is 0 Å². The van der Waals surface area contributed by atoms with Crippen LogP contribution in [-0.2, 0) is 62.3 Å². The fourth-order valence-corrected chi connectivity index (χ4v) is 8.59. The second-order valence-corrected chi connectivity index (χ2v) is 20.7. The zero-order valence-electron chi connectivity index (χ0n) is 47.9. The maximum absolute atomic E-state index is 14.1. The van der Waals surface area contributed by atoms with Gasteiger partial charge in [-0.2, -0.15) is 11.8 Å². The first-order chi connectivity index (χ1) is 40.2. The SMILES string of the molecule is CSCC[C@H](NC(=O)CNC(=O)[C@H](CO)NC(=O)[C@H](CO)NC(=O)[C@H](CCCN=C(N)N)NC(=O)[C@H](CCCCN)NC(=O)[C@H](C)NC(=O)[C@H](CCCCN)NC(=O)[C@H](CO)NC(=O)[C@H](C)NC(=O)[C@@H](N)CC(=O)O)C(=O)N1CCC[C@H]1C(=O)O. The minimum absolute atomic E-state index is 0.0323. The molecule has 0 radical (unpaired) electrons. The number of carbonyl (C=O) groups excluding carboxylic acids is 11. The highest BCUT2D eigenvalue weighted by Gasteiger charge is 2.38. The van der Waals surface area contributed by atoms with Crippen LogP contribution in [0, 0.1) is 0 Å². The number of thioether (sulfide) groups is 1. The zero-order chi connectivity index (χ0) is 64.3. The number of guanidine groups is 1. The van der Waals surface area contributed by atoms with E-state index < -0.39 is 176 Å². The van der Waals surface area contributed by atoms with Crippen LogP contribution in [0.15, 0.2) is 4.99 Å². The van der Waals surface area contributed by atoms with Crippen LogP contribution >= 0.6 is 11.8 Å². The van der Waals surface area contributed by atoms with Gasteiger partial charge in [0, 0.05) is 13.1 Å². The molecule has 1 aliphatic rings. The number of hydrogen-bond acceptors (Lipinski definition) is 21. The Kier molecular flexibility index (Phi) is 36.2. The fraction of sp³-hybridized carbons (Fsp3) is 0.714. The Morgan fingerprint density at radius 2 is 0.976 bits per heavy atom. The van der Waals surface area contributed by atoms with E-state index in [1.807, 2.05) is 0 Å². The van der Waals surface area contributed by atoms with Crippen molar-refractivity contribution in [2.75, 3.05) is 64.6 Å². The summed E-state index contributed by atoms with van der Waals surface area (Å²) < 4.78 is 0. The van der Waals surface area contributed by atoms with Gasteiger partial charge in [-0.05, 0) is 110 Å². The lowest BCUT2D eigenvalue weighted by molar-refractivity contribution is -0.149. The lowest BCUT2D eigenvalue weighted by atomic mass is 10.0. The molecule has 11 atom stereocenters. The van der Waals surface area contributed by atoms with Gasteiger partial charge in [0.25, 0.3) is 0 Å². The van der Waals surface area contributed by atoms with Crippen molar-refractivity contribution in [2.45, 2.75) is 157 Å². The van der Waals surface area contributed by atoms with Crippen LogP contribution < -0.4 is 81.8 Å². The fourth-order valence-electron chi connectivity index (χ4n) is 8.12. The number of unbranched alkanes of at least 4 members (excludes halogenated alkanes) is 2. The van der Waals surface area contributed by atoms with Gasteiger partial charge in [0.05, 0.1) is 38.8 Å². The molecular weight excluding hydrogens is 1150 g/mol. The van der Waals surface area contributed by atoms with E-state index in [-0.39, 0.29) is 83.5 Å². The summed E-state index contributed by atoms with van der Waals surface area (Å²) >= 11 is 1.37. The van der Waals surface area contributed by atoms with Gasteiger partial charge in [0.1, 0.15) is 60.4 Å². The van der Waals surface area contributed by atoms with Crippen molar-refractivity contribution < 1.29 is 87.9 Å². The number of aliphatic hydroxyl groups excluding tert-OH is 3. The van der Waals surface area contributed by atoms with Gasteiger partial charge >= 0.3 is 11.9 Å². The summed E-state index contributed by atoms with van der Waals surface area (Å²) in [7, 11) is 0. The summed E-state index contributed by atoms with van der Waals surface area (Å²) in [6.07, 6.45) is 2.80. The number of hydrogen-bond donors (Lipinski definition) is 20. The van der Waals surface area contributed by atoms with E-state index in [1.165, 1.54) is 30.5 Å². The first kappa shape index (κ1) is 75.5. The Bertz CT molecular complexity index is 2300. The number of nitrogens with zero attached hydrogens (tertiary/aromatic N) is 2. The van der Waals surface area contributed by atoms with Crippen molar-refractivity contribution >= 4 is 94.6 Å². The first-order valence-corrected chi connectivity index (χ1v) is 28.9. The van der Waals surface area contributed by atoms with E-state index in [0.717, 1.165) is 0 Å². The van der Waals surface area contributed by atoms with Crippen LogP contribution in [0.5, 0.6) is 0 Å². The van der Waals surface area contributed by atoms with Gasteiger partial charge in [-0.1, -0.05) is 0 Å². The molecule has 0 saturated carbocycles. The Balaban J connectivity index is 3.23. The molecule has 0 aliphatic carbocycles. The smallest absolute Gasteiger partial charge is 0.326 e. The van der Waals surface area contributed by atoms with E-state index >= 15 is 0 Å². The number of carboxylic acid groups (broad SMARTS) is 2. The Morgan fingerprint density at radius 3 is 1.42 bits per heavy atom. The summed E-state index contributed by atoms with van der Waals surface area (Å²) in [5, 5.41) is 72.2. The highest BCUT2D eigenvalue weighted by molar-refractivity contribution is 7.98. The summed E-state index contributed by atoms with van der Waals surface area (Å²) in [5.41, 5.74) is 27.8. The van der Waals surface area contributed by atoms with E-state index in [2.05, 4.69) is 58.2 Å². The van der Waals surface area contributed by atoms with E-state index in [1.54, 1.807) is 6.26 Å². The van der Waals surface area contributed by atoms with Crippen molar-refractivity contribution in [3.8, 4) is 0 Å². The van der Waals surface area contributed by atoms with Gasteiger partial charge in [0.15, 0.2) is 5.96 Å². The van der Waals surface area contributed by atoms with Gasteiger partial charge in [0.2, 0.25) is 65.0 Å². The molecule has 482 valence electrons. The molecule has 1 rings (SSSR count). The quantitative estimate of drug-likeness (QED) is 0.0153. The number of aliphatic hydroxyl groups is 3. The number of nitrogens with two attached hydrogens (primary N) is 5. The summed E-state index contributed by atoms with van der Waals surface area (Å²) in [4.78, 5) is 174. The molecule has 35 nitrogen and oxygen atoms in total. The maximum Gasteiger partial charge on any atom is 0.326 e. The predicted octanol–water partition coefficient (Wildman–Crippen LogP) is -9.58. The highest BCUT2D eigenvalue weighted by atomic mass is 32.2. The minimum atomic E-state index is -1.83. The van der Waals surface area contributed by atoms with Gasteiger partial charge < -0.3 is 112 Å². The predicted molar refractivity (Wildman–Crippen MR) is 304 cm³/mol. The van der Waals surface area contributed by atoms with Gasteiger partial charge in [-0.3, -0.25) is 62.5 Å². The Labute approximate surface area is 494 Å².